The van der Waals surface area contributed by atoms with Gasteiger partial charge in [0.2, 0.25) is 0 Å². The molecule has 0 spiro atoms. The van der Waals surface area contributed by atoms with Crippen LogP contribution in [0.5, 0.6) is 0 Å². The average Bonchev–Trinajstić information content (AvgIpc) is 3.22. The molecule has 3 aromatic heterocycles. The van der Waals surface area contributed by atoms with Gasteiger partial charge in [0.05, 0.1) is 11.3 Å². The minimum absolute atomic E-state index is 0.464. The number of pyridine rings is 1. The van der Waals surface area contributed by atoms with Crippen LogP contribution in [0.2, 0.25) is 0 Å². The van der Waals surface area contributed by atoms with Crippen LogP contribution >= 0.6 is 11.3 Å². The zero-order chi connectivity index (χ0) is 17.6. The summed E-state index contributed by atoms with van der Waals surface area (Å²) in [7, 11) is 0. The number of benzene rings is 1. The van der Waals surface area contributed by atoms with Crippen LogP contribution < -0.4 is 5.32 Å². The molecule has 0 aliphatic rings. The second kappa shape index (κ2) is 5.62. The highest BCUT2D eigenvalue weighted by Crippen LogP contribution is 2.38. The molecule has 4 rings (SSSR count). The first-order valence-electron chi connectivity index (χ1n) is 7.70. The number of rotatable bonds is 2. The van der Waals surface area contributed by atoms with Gasteiger partial charge in [0.15, 0.2) is 0 Å². The second-order valence-corrected chi connectivity index (χ2v) is 6.81. The maximum atomic E-state index is 9.52. The first-order valence-corrected chi connectivity index (χ1v) is 8.51. The molecule has 0 atom stereocenters. The Balaban J connectivity index is 1.96. The molecule has 0 fully saturated rings. The maximum absolute atomic E-state index is 9.52. The predicted octanol–water partition coefficient (Wildman–Crippen LogP) is 4.88. The third-order valence-corrected chi connectivity index (χ3v) is 5.55. The van der Waals surface area contributed by atoms with Gasteiger partial charge in [-0.1, -0.05) is 0 Å². The zero-order valence-corrected chi connectivity index (χ0v) is 14.5. The number of hydrogen-bond acceptors (Lipinski definition) is 5. The number of aromatic nitrogens is 2. The topological polar surface area (TPSA) is 88.3 Å². The van der Waals surface area contributed by atoms with Gasteiger partial charge in [0, 0.05) is 34.4 Å². The van der Waals surface area contributed by atoms with Gasteiger partial charge in [-0.25, -0.2) is 4.98 Å². The first-order chi connectivity index (χ1) is 12.1. The van der Waals surface area contributed by atoms with E-state index < -0.39 is 0 Å². The molecular weight excluding hydrogens is 330 g/mol. The molecule has 0 aliphatic carbocycles. The van der Waals surface area contributed by atoms with Crippen molar-refractivity contribution in [3.05, 3.63) is 52.2 Å². The van der Waals surface area contributed by atoms with Crippen LogP contribution in [-0.4, -0.2) is 9.97 Å². The lowest BCUT2D eigenvalue weighted by Crippen LogP contribution is -1.98. The number of aryl methyl sites for hydroxylation is 2. The van der Waals surface area contributed by atoms with Crippen LogP contribution in [0.15, 0.2) is 30.6 Å². The Kier molecular flexibility index (Phi) is 3.42. The Labute approximate surface area is 148 Å². The second-order valence-electron chi connectivity index (χ2n) is 5.81. The third-order valence-electron chi connectivity index (χ3n) is 4.44. The van der Waals surface area contributed by atoms with Crippen molar-refractivity contribution in [1.29, 1.82) is 10.5 Å². The van der Waals surface area contributed by atoms with E-state index in [1.54, 1.807) is 6.20 Å². The van der Waals surface area contributed by atoms with Crippen LogP contribution in [0.1, 0.15) is 21.6 Å². The molecule has 4 aromatic rings. The highest BCUT2D eigenvalue weighted by molar-refractivity contribution is 7.19. The number of nitrogens with one attached hydrogen (secondary N) is 2. The smallest absolute Gasteiger partial charge is 0.126 e. The minimum atomic E-state index is 0.464. The SMILES string of the molecule is Cc1c(Nc2c(C#N)cnc3sc(C#N)c(C)c23)ccc2[nH]ccc12. The Bertz CT molecular complexity index is 1220. The van der Waals surface area contributed by atoms with E-state index in [4.69, 9.17) is 0 Å². The summed E-state index contributed by atoms with van der Waals surface area (Å²) in [6.45, 7) is 3.94. The van der Waals surface area contributed by atoms with Crippen molar-refractivity contribution in [3.63, 3.8) is 0 Å². The number of nitriles is 2. The van der Waals surface area contributed by atoms with Gasteiger partial charge in [-0.05, 0) is 43.2 Å². The Hall–Kier alpha value is -3.35. The molecule has 0 saturated heterocycles. The molecule has 0 bridgehead atoms. The fourth-order valence-electron chi connectivity index (χ4n) is 3.08. The number of hydrogen-bond donors (Lipinski definition) is 2. The summed E-state index contributed by atoms with van der Waals surface area (Å²) < 4.78 is 0. The molecule has 5 nitrogen and oxygen atoms in total. The van der Waals surface area contributed by atoms with Crippen molar-refractivity contribution in [1.82, 2.24) is 9.97 Å². The fourth-order valence-corrected chi connectivity index (χ4v) is 4.04. The average molecular weight is 343 g/mol. The van der Waals surface area contributed by atoms with Crippen molar-refractivity contribution in [2.45, 2.75) is 13.8 Å². The van der Waals surface area contributed by atoms with Crippen LogP contribution in [0.3, 0.4) is 0 Å². The summed E-state index contributed by atoms with van der Waals surface area (Å²) in [5.41, 5.74) is 5.13. The van der Waals surface area contributed by atoms with E-state index in [1.807, 2.05) is 38.2 Å². The summed E-state index contributed by atoms with van der Waals surface area (Å²) in [5, 5.41) is 24.2. The van der Waals surface area contributed by atoms with Crippen molar-refractivity contribution < 1.29 is 0 Å². The quantitative estimate of drug-likeness (QED) is 0.543. The van der Waals surface area contributed by atoms with Crippen LogP contribution in [0, 0.1) is 36.5 Å². The summed E-state index contributed by atoms with van der Waals surface area (Å²) in [6, 6.07) is 10.5. The maximum Gasteiger partial charge on any atom is 0.126 e. The van der Waals surface area contributed by atoms with E-state index in [0.29, 0.717) is 16.1 Å². The fraction of sp³-hybridized carbons (Fsp3) is 0.105. The zero-order valence-electron chi connectivity index (χ0n) is 13.6. The Morgan fingerprint density at radius 1 is 1.12 bits per heavy atom. The molecule has 1 aromatic carbocycles. The lowest BCUT2D eigenvalue weighted by atomic mass is 10.1. The van der Waals surface area contributed by atoms with E-state index in [1.165, 1.54) is 11.3 Å². The van der Waals surface area contributed by atoms with Gasteiger partial charge < -0.3 is 10.3 Å². The van der Waals surface area contributed by atoms with Gasteiger partial charge in [-0.3, -0.25) is 0 Å². The van der Waals surface area contributed by atoms with Crippen LogP contribution in [-0.2, 0) is 0 Å². The Morgan fingerprint density at radius 3 is 2.72 bits per heavy atom. The van der Waals surface area contributed by atoms with Crippen LogP contribution in [0.4, 0.5) is 11.4 Å². The van der Waals surface area contributed by atoms with Crippen molar-refractivity contribution in [2.75, 3.05) is 5.32 Å². The van der Waals surface area contributed by atoms with E-state index in [9.17, 15) is 10.5 Å². The van der Waals surface area contributed by atoms with Gasteiger partial charge >= 0.3 is 0 Å². The molecule has 0 radical (unpaired) electrons. The van der Waals surface area contributed by atoms with E-state index in [-0.39, 0.29) is 0 Å². The Morgan fingerprint density at radius 2 is 1.96 bits per heavy atom. The van der Waals surface area contributed by atoms with Gasteiger partial charge in [0.25, 0.3) is 0 Å². The van der Waals surface area contributed by atoms with Crippen molar-refractivity contribution in [2.24, 2.45) is 0 Å². The number of H-pyrrole nitrogens is 1. The lowest BCUT2D eigenvalue weighted by Gasteiger charge is -2.13. The third kappa shape index (κ3) is 2.24. The van der Waals surface area contributed by atoms with Gasteiger partial charge in [0.1, 0.15) is 21.8 Å². The monoisotopic (exact) mass is 343 g/mol. The number of aromatic amines is 1. The normalized spacial score (nSPS) is 10.7. The standard InChI is InChI=1S/C19H13N5S/c1-10-13-5-6-22-15(13)4-3-14(10)24-18-12(7-20)9-23-19-17(18)11(2)16(8-21)25-19/h3-6,9,22H,1-2H3,(H,23,24). The van der Waals surface area contributed by atoms with Gasteiger partial charge in [-0.15, -0.1) is 11.3 Å². The largest absolute Gasteiger partial charge is 0.361 e. The summed E-state index contributed by atoms with van der Waals surface area (Å²) >= 11 is 1.35. The van der Waals surface area contributed by atoms with Crippen molar-refractivity contribution >= 4 is 43.8 Å². The number of nitrogens with zero attached hydrogens (tertiary/aromatic N) is 3. The summed E-state index contributed by atoms with van der Waals surface area (Å²) in [6.07, 6.45) is 3.47. The molecule has 120 valence electrons. The van der Waals surface area contributed by atoms with E-state index in [0.717, 1.165) is 37.9 Å². The molecule has 3 heterocycles. The molecule has 6 heteroatoms. The first kappa shape index (κ1) is 15.2. The molecule has 0 amide bonds. The molecule has 25 heavy (non-hydrogen) atoms. The predicted molar refractivity (Wildman–Crippen MR) is 100 cm³/mol. The number of anilines is 2. The highest BCUT2D eigenvalue weighted by Gasteiger charge is 2.17. The number of thiophene rings is 1. The van der Waals surface area contributed by atoms with E-state index >= 15 is 0 Å². The lowest BCUT2D eigenvalue weighted by molar-refractivity contribution is 1.37. The summed E-state index contributed by atoms with van der Waals surface area (Å²) in [5.74, 6) is 0. The molecule has 0 saturated carbocycles. The highest BCUT2D eigenvalue weighted by atomic mass is 32.1. The molecule has 0 unspecified atom stereocenters. The van der Waals surface area contributed by atoms with Crippen molar-refractivity contribution in [3.8, 4) is 12.1 Å². The molecule has 2 N–H and O–H groups in total. The minimum Gasteiger partial charge on any atom is -0.361 e. The number of fused-ring (bicyclic) bond motifs is 2. The summed E-state index contributed by atoms with van der Waals surface area (Å²) in [4.78, 5) is 8.93. The molecular formula is C19H13N5S. The molecule has 0 aliphatic heterocycles. The van der Waals surface area contributed by atoms with Gasteiger partial charge in [-0.2, -0.15) is 10.5 Å². The van der Waals surface area contributed by atoms with E-state index in [2.05, 4.69) is 27.4 Å². The van der Waals surface area contributed by atoms with Crippen LogP contribution in [0.25, 0.3) is 21.1 Å².